The van der Waals surface area contributed by atoms with E-state index in [1.54, 1.807) is 13.1 Å². The molecule has 1 amide bonds. The van der Waals surface area contributed by atoms with Crippen molar-refractivity contribution in [2.45, 2.75) is 30.8 Å². The maximum absolute atomic E-state index is 12.4. The van der Waals surface area contributed by atoms with Gasteiger partial charge < -0.3 is 10.2 Å². The van der Waals surface area contributed by atoms with E-state index in [9.17, 15) is 9.59 Å². The summed E-state index contributed by atoms with van der Waals surface area (Å²) in [6.45, 7) is 2.20. The van der Waals surface area contributed by atoms with Gasteiger partial charge in [-0.1, -0.05) is 24.6 Å². The van der Waals surface area contributed by atoms with Gasteiger partial charge in [-0.2, -0.15) is 0 Å². The Kier molecular flexibility index (Phi) is 6.20. The third-order valence-corrected chi connectivity index (χ3v) is 6.96. The maximum Gasteiger partial charge on any atom is 0.262 e. The number of rotatable bonds is 5. The van der Waals surface area contributed by atoms with Crippen LogP contribution in [0.5, 0.6) is 0 Å². The Morgan fingerprint density at radius 3 is 2.59 bits per heavy atom. The lowest BCUT2D eigenvalue weighted by atomic mass is 10.2. The Morgan fingerprint density at radius 2 is 1.86 bits per heavy atom. The number of hydrogen-bond acceptors (Lipinski definition) is 6. The van der Waals surface area contributed by atoms with Crippen LogP contribution in [0.15, 0.2) is 45.7 Å². The van der Waals surface area contributed by atoms with E-state index in [0.29, 0.717) is 15.4 Å². The molecule has 0 radical (unpaired) electrons. The normalized spacial score (nSPS) is 14.7. The van der Waals surface area contributed by atoms with Crippen molar-refractivity contribution < 1.29 is 4.79 Å². The topological polar surface area (TPSA) is 67.2 Å². The standard InChI is InChI=1S/C21H24N4O2S2/c1-24-20(27)17-10-13-28-19(17)23-21(24)29-14-18(26)22-15-6-8-16(9-7-15)25-11-4-2-3-5-12-25/h6-10,13H,2-5,11-12,14H2,1H3,(H,22,26). The molecule has 29 heavy (non-hydrogen) atoms. The van der Waals surface area contributed by atoms with Crippen molar-refractivity contribution in [1.82, 2.24) is 9.55 Å². The van der Waals surface area contributed by atoms with Crippen LogP contribution in [0, 0.1) is 0 Å². The van der Waals surface area contributed by atoms with E-state index in [1.165, 1.54) is 59.0 Å². The first-order valence-corrected chi connectivity index (χ1v) is 11.7. The highest BCUT2D eigenvalue weighted by Gasteiger charge is 2.13. The second-order valence-electron chi connectivity index (χ2n) is 7.18. The number of carbonyl (C=O) groups is 1. The Hall–Kier alpha value is -2.32. The highest BCUT2D eigenvalue weighted by atomic mass is 32.2. The third kappa shape index (κ3) is 4.64. The Bertz CT molecular complexity index is 1050. The van der Waals surface area contributed by atoms with Gasteiger partial charge in [0.1, 0.15) is 4.83 Å². The molecule has 0 bridgehead atoms. The van der Waals surface area contributed by atoms with Crippen LogP contribution in [0.3, 0.4) is 0 Å². The molecule has 3 heterocycles. The van der Waals surface area contributed by atoms with Crippen molar-refractivity contribution in [2.75, 3.05) is 29.1 Å². The highest BCUT2D eigenvalue weighted by Crippen LogP contribution is 2.23. The van der Waals surface area contributed by atoms with Crippen LogP contribution in [0.1, 0.15) is 25.7 Å². The van der Waals surface area contributed by atoms with E-state index in [4.69, 9.17) is 0 Å². The molecular formula is C21H24N4O2S2. The van der Waals surface area contributed by atoms with E-state index < -0.39 is 0 Å². The molecule has 1 aromatic carbocycles. The summed E-state index contributed by atoms with van der Waals surface area (Å²) in [4.78, 5) is 32.3. The van der Waals surface area contributed by atoms with Gasteiger partial charge in [0.05, 0.1) is 11.1 Å². The van der Waals surface area contributed by atoms with Crippen molar-refractivity contribution in [3.05, 3.63) is 46.1 Å². The van der Waals surface area contributed by atoms with Gasteiger partial charge in [-0.15, -0.1) is 11.3 Å². The van der Waals surface area contributed by atoms with Crippen molar-refractivity contribution in [1.29, 1.82) is 0 Å². The first-order chi connectivity index (χ1) is 14.1. The average Bonchev–Trinajstić information content (AvgIpc) is 3.03. The summed E-state index contributed by atoms with van der Waals surface area (Å²) in [5.41, 5.74) is 1.91. The zero-order valence-electron chi connectivity index (χ0n) is 16.4. The van der Waals surface area contributed by atoms with E-state index >= 15 is 0 Å². The van der Waals surface area contributed by atoms with Gasteiger partial charge in [-0.25, -0.2) is 4.98 Å². The minimum Gasteiger partial charge on any atom is -0.372 e. The van der Waals surface area contributed by atoms with Crippen molar-refractivity contribution >= 4 is 50.6 Å². The first-order valence-electron chi connectivity index (χ1n) is 9.84. The van der Waals surface area contributed by atoms with Crippen LogP contribution < -0.4 is 15.8 Å². The number of carbonyl (C=O) groups excluding carboxylic acids is 1. The predicted molar refractivity (Wildman–Crippen MR) is 121 cm³/mol. The van der Waals surface area contributed by atoms with Gasteiger partial charge in [0.2, 0.25) is 5.91 Å². The largest absolute Gasteiger partial charge is 0.372 e. The zero-order valence-corrected chi connectivity index (χ0v) is 18.0. The van der Waals surface area contributed by atoms with Crippen molar-refractivity contribution in [3.63, 3.8) is 0 Å². The molecule has 4 rings (SSSR count). The van der Waals surface area contributed by atoms with E-state index in [2.05, 4.69) is 27.3 Å². The fourth-order valence-corrected chi connectivity index (χ4v) is 5.10. The molecule has 0 unspecified atom stereocenters. The molecule has 1 saturated heterocycles. The third-order valence-electron chi connectivity index (χ3n) is 5.12. The van der Waals surface area contributed by atoms with Crippen LogP contribution in [-0.4, -0.2) is 34.3 Å². The lowest BCUT2D eigenvalue weighted by Gasteiger charge is -2.22. The van der Waals surface area contributed by atoms with Crippen LogP contribution >= 0.6 is 23.1 Å². The number of benzene rings is 1. The minimum absolute atomic E-state index is 0.0803. The Labute approximate surface area is 177 Å². The van der Waals surface area contributed by atoms with E-state index in [0.717, 1.165) is 18.8 Å². The number of amides is 1. The molecule has 1 fully saturated rings. The lowest BCUT2D eigenvalue weighted by Crippen LogP contribution is -2.23. The number of hydrogen-bond donors (Lipinski definition) is 1. The number of anilines is 2. The number of thiophene rings is 1. The molecule has 1 aliphatic heterocycles. The zero-order chi connectivity index (χ0) is 20.2. The van der Waals surface area contributed by atoms with Crippen LogP contribution in [-0.2, 0) is 11.8 Å². The molecule has 0 saturated carbocycles. The Morgan fingerprint density at radius 1 is 1.14 bits per heavy atom. The van der Waals surface area contributed by atoms with Crippen molar-refractivity contribution in [2.24, 2.45) is 7.05 Å². The van der Waals surface area contributed by atoms with Crippen molar-refractivity contribution in [3.8, 4) is 0 Å². The average molecular weight is 429 g/mol. The molecule has 0 atom stereocenters. The summed E-state index contributed by atoms with van der Waals surface area (Å²) in [7, 11) is 1.69. The molecule has 1 aliphatic rings. The second kappa shape index (κ2) is 9.00. The smallest absolute Gasteiger partial charge is 0.262 e. The van der Waals surface area contributed by atoms with Gasteiger partial charge >= 0.3 is 0 Å². The summed E-state index contributed by atoms with van der Waals surface area (Å²) in [5, 5.41) is 5.96. The van der Waals surface area contributed by atoms with Crippen LogP contribution in [0.2, 0.25) is 0 Å². The van der Waals surface area contributed by atoms with Crippen LogP contribution in [0.25, 0.3) is 10.2 Å². The maximum atomic E-state index is 12.4. The molecular weight excluding hydrogens is 404 g/mol. The number of nitrogens with one attached hydrogen (secondary N) is 1. The summed E-state index contributed by atoms with van der Waals surface area (Å²) in [6.07, 6.45) is 5.09. The molecule has 8 heteroatoms. The molecule has 2 aromatic heterocycles. The summed E-state index contributed by atoms with van der Waals surface area (Å²) < 4.78 is 1.50. The monoisotopic (exact) mass is 428 g/mol. The quantitative estimate of drug-likeness (QED) is 0.489. The summed E-state index contributed by atoms with van der Waals surface area (Å²) in [5.74, 6) is 0.0865. The fraction of sp³-hybridized carbons (Fsp3) is 0.381. The second-order valence-corrected chi connectivity index (χ2v) is 9.02. The predicted octanol–water partition coefficient (Wildman–Crippen LogP) is 4.11. The lowest BCUT2D eigenvalue weighted by molar-refractivity contribution is -0.113. The SMILES string of the molecule is Cn1c(SCC(=O)Nc2ccc(N3CCCCCC3)cc2)nc2sccc2c1=O. The fourth-order valence-electron chi connectivity index (χ4n) is 3.52. The number of nitrogens with zero attached hydrogens (tertiary/aromatic N) is 3. The van der Waals surface area contributed by atoms with Crippen LogP contribution in [0.4, 0.5) is 11.4 Å². The number of thioether (sulfide) groups is 1. The van der Waals surface area contributed by atoms with E-state index in [-0.39, 0.29) is 17.2 Å². The van der Waals surface area contributed by atoms with Gasteiger partial charge in [-0.05, 0) is 48.6 Å². The molecule has 152 valence electrons. The molecule has 3 aromatic rings. The molecule has 0 aliphatic carbocycles. The number of aromatic nitrogens is 2. The molecule has 6 nitrogen and oxygen atoms in total. The minimum atomic E-state index is -0.113. The molecule has 0 spiro atoms. The first kappa shape index (κ1) is 20.0. The Balaban J connectivity index is 1.36. The van der Waals surface area contributed by atoms with Gasteiger partial charge in [0, 0.05) is 31.5 Å². The van der Waals surface area contributed by atoms with Gasteiger partial charge in [-0.3, -0.25) is 14.2 Å². The molecule has 1 N–H and O–H groups in total. The number of fused-ring (bicyclic) bond motifs is 1. The van der Waals surface area contributed by atoms with E-state index in [1.807, 2.05) is 17.5 Å². The van der Waals surface area contributed by atoms with Gasteiger partial charge in [0.25, 0.3) is 5.56 Å². The highest BCUT2D eigenvalue weighted by molar-refractivity contribution is 7.99. The summed E-state index contributed by atoms with van der Waals surface area (Å²) >= 11 is 2.71. The van der Waals surface area contributed by atoms with Gasteiger partial charge in [0.15, 0.2) is 5.16 Å². The summed E-state index contributed by atoms with van der Waals surface area (Å²) in [6, 6.07) is 9.84.